The molecule has 3 rings (SSSR count). The fourth-order valence-corrected chi connectivity index (χ4v) is 7.48. The van der Waals surface area contributed by atoms with Crippen LogP contribution in [0.25, 0.3) is 0 Å². The minimum Gasteiger partial charge on any atom is -0.463 e. The number of hydrogen-bond donors (Lipinski definition) is 2. The molecule has 10 atom stereocenters. The van der Waals surface area contributed by atoms with E-state index in [1.807, 2.05) is 39.9 Å². The molecular formula is C33H61N3O8. The van der Waals surface area contributed by atoms with E-state index in [1.165, 1.54) is 12.8 Å². The quantitative estimate of drug-likeness (QED) is 0.304. The molecule has 3 aliphatic heterocycles. The third-order valence-corrected chi connectivity index (χ3v) is 10.3. The van der Waals surface area contributed by atoms with E-state index in [4.69, 9.17) is 18.9 Å². The molecule has 0 aromatic heterocycles. The van der Waals surface area contributed by atoms with Crippen molar-refractivity contribution in [2.75, 3.05) is 61.0 Å². The number of likely N-dealkylation sites (N-methyl/N-ethyl adjacent to an activating group) is 2. The first-order valence-electron chi connectivity index (χ1n) is 16.5. The molecule has 0 radical (unpaired) electrons. The first kappa shape index (κ1) is 37.3. The summed E-state index contributed by atoms with van der Waals surface area (Å²) in [5, 5.41) is 22.6. The van der Waals surface area contributed by atoms with Crippen LogP contribution in [-0.2, 0) is 28.5 Å². The van der Waals surface area contributed by atoms with Crippen molar-refractivity contribution in [3.05, 3.63) is 0 Å². The maximum absolute atomic E-state index is 14.2. The lowest BCUT2D eigenvalue weighted by molar-refractivity contribution is -0.295. The minimum atomic E-state index is -1.48. The van der Waals surface area contributed by atoms with E-state index < -0.39 is 53.5 Å². The maximum Gasteiger partial charge on any atom is 0.319 e. The van der Waals surface area contributed by atoms with Gasteiger partial charge in [-0.15, -0.1) is 0 Å². The molecule has 44 heavy (non-hydrogen) atoms. The number of hydrogen-bond acceptors (Lipinski definition) is 11. The molecule has 2 N–H and O–H groups in total. The molecular weight excluding hydrogens is 566 g/mol. The third kappa shape index (κ3) is 8.79. The second kappa shape index (κ2) is 15.6. The second-order valence-corrected chi connectivity index (χ2v) is 14.7. The van der Waals surface area contributed by atoms with Gasteiger partial charge in [0.2, 0.25) is 0 Å². The Morgan fingerprint density at radius 3 is 2.34 bits per heavy atom. The summed E-state index contributed by atoms with van der Waals surface area (Å²) < 4.78 is 24.7. The molecule has 3 fully saturated rings. The molecule has 0 saturated carbocycles. The molecule has 0 aromatic rings. The fourth-order valence-electron chi connectivity index (χ4n) is 7.48. The van der Waals surface area contributed by atoms with Crippen molar-refractivity contribution in [3.63, 3.8) is 0 Å². The Bertz CT molecular complexity index is 944. The Balaban J connectivity index is 1.93. The first-order chi connectivity index (χ1) is 20.5. The Labute approximate surface area is 265 Å². The molecule has 11 heteroatoms. The zero-order valence-electron chi connectivity index (χ0n) is 29.0. The van der Waals surface area contributed by atoms with Gasteiger partial charge in [-0.3, -0.25) is 14.5 Å². The number of aliphatic hydroxyl groups is 2. The number of carbonyl (C=O) groups excluding carboxylic acids is 2. The highest BCUT2D eigenvalue weighted by atomic mass is 16.7. The number of rotatable bonds is 8. The van der Waals surface area contributed by atoms with Crippen LogP contribution in [0, 0.1) is 17.3 Å². The van der Waals surface area contributed by atoms with Gasteiger partial charge in [0.25, 0.3) is 0 Å². The lowest BCUT2D eigenvalue weighted by Crippen LogP contribution is -2.59. The summed E-state index contributed by atoms with van der Waals surface area (Å²) in [6, 6.07) is -0.615. The summed E-state index contributed by atoms with van der Waals surface area (Å²) in [7, 11) is 7.38. The number of carbonyl (C=O) groups is 2. The van der Waals surface area contributed by atoms with Gasteiger partial charge in [0.05, 0.1) is 30.0 Å². The topological polar surface area (TPSA) is 121 Å². The maximum atomic E-state index is 14.2. The minimum absolute atomic E-state index is 0.0122. The van der Waals surface area contributed by atoms with Crippen LogP contribution in [0.4, 0.5) is 0 Å². The number of methoxy groups -OCH3 is 1. The smallest absolute Gasteiger partial charge is 0.319 e. The standard InChI is InChI=1S/C33H61N3O8/c1-21-18-33(6,41-10)29(44-30-27(38)24(34(7)8)17-22(2)43-30)23(3)28(39)32(4,5)31(40)42-20-25(35(9)19-21)26(37)13-16-36-14-11-12-15-36/h21-27,29-30,37-38H,11-20H2,1-10H3/t21-,22-,23+,24+,25+,26-,27-,29-,30+,33-/m1/s1. The molecule has 0 bridgehead atoms. The largest absolute Gasteiger partial charge is 0.463 e. The van der Waals surface area contributed by atoms with E-state index in [0.717, 1.165) is 19.6 Å². The van der Waals surface area contributed by atoms with Crippen molar-refractivity contribution in [1.82, 2.24) is 14.7 Å². The van der Waals surface area contributed by atoms with Gasteiger partial charge in [0.1, 0.15) is 18.1 Å². The Morgan fingerprint density at radius 1 is 1.11 bits per heavy atom. The molecule has 0 aliphatic carbocycles. The van der Waals surface area contributed by atoms with Crippen LogP contribution in [0.1, 0.15) is 73.6 Å². The predicted octanol–water partition coefficient (Wildman–Crippen LogP) is 2.16. The van der Waals surface area contributed by atoms with Gasteiger partial charge in [-0.2, -0.15) is 0 Å². The van der Waals surface area contributed by atoms with E-state index >= 15 is 0 Å². The zero-order valence-corrected chi connectivity index (χ0v) is 29.0. The summed E-state index contributed by atoms with van der Waals surface area (Å²) in [5.74, 6) is -1.72. The van der Waals surface area contributed by atoms with Crippen molar-refractivity contribution in [2.45, 2.75) is 122 Å². The fraction of sp³-hybridized carbons (Fsp3) is 0.939. The second-order valence-electron chi connectivity index (χ2n) is 14.7. The van der Waals surface area contributed by atoms with Gasteiger partial charge in [0.15, 0.2) is 12.1 Å². The van der Waals surface area contributed by atoms with Crippen LogP contribution in [0.15, 0.2) is 0 Å². The number of ketones is 1. The number of cyclic esters (lactones) is 1. The van der Waals surface area contributed by atoms with Crippen LogP contribution in [-0.4, -0.2) is 146 Å². The number of Topliss-reactive ketones (excluding diaryl/α,β-unsaturated/α-hetero) is 1. The highest BCUT2D eigenvalue weighted by Gasteiger charge is 2.51. The summed E-state index contributed by atoms with van der Waals surface area (Å²) in [4.78, 5) is 34.1. The third-order valence-electron chi connectivity index (χ3n) is 10.3. The van der Waals surface area contributed by atoms with Gasteiger partial charge in [-0.25, -0.2) is 0 Å². The van der Waals surface area contributed by atoms with E-state index in [1.54, 1.807) is 27.9 Å². The van der Waals surface area contributed by atoms with Crippen LogP contribution in [0.5, 0.6) is 0 Å². The molecule has 0 aromatic carbocycles. The van der Waals surface area contributed by atoms with E-state index in [9.17, 15) is 19.8 Å². The van der Waals surface area contributed by atoms with Gasteiger partial charge >= 0.3 is 5.97 Å². The lowest BCUT2D eigenvalue weighted by atomic mass is 9.74. The van der Waals surface area contributed by atoms with Crippen molar-refractivity contribution in [2.24, 2.45) is 17.3 Å². The Hall–Kier alpha value is -1.18. The van der Waals surface area contributed by atoms with Crippen LogP contribution >= 0.6 is 0 Å². The monoisotopic (exact) mass is 627 g/mol. The summed E-state index contributed by atoms with van der Waals surface area (Å²) in [6.45, 7) is 14.4. The highest BCUT2D eigenvalue weighted by molar-refractivity contribution is 6.04. The predicted molar refractivity (Wildman–Crippen MR) is 168 cm³/mol. The number of esters is 1. The normalized spacial score (nSPS) is 39.4. The number of aliphatic hydroxyl groups excluding tert-OH is 2. The number of likely N-dealkylation sites (tertiary alicyclic amines) is 1. The first-order valence-corrected chi connectivity index (χ1v) is 16.5. The van der Waals surface area contributed by atoms with E-state index in [-0.39, 0.29) is 30.5 Å². The van der Waals surface area contributed by atoms with Crippen LogP contribution < -0.4 is 0 Å². The van der Waals surface area contributed by atoms with Crippen molar-refractivity contribution in [1.29, 1.82) is 0 Å². The number of ether oxygens (including phenoxy) is 4. The van der Waals surface area contributed by atoms with Gasteiger partial charge in [-0.1, -0.05) is 13.8 Å². The Kier molecular flexibility index (Phi) is 13.2. The van der Waals surface area contributed by atoms with Gasteiger partial charge < -0.3 is 39.0 Å². The molecule has 11 nitrogen and oxygen atoms in total. The van der Waals surface area contributed by atoms with E-state index in [2.05, 4.69) is 16.7 Å². The Morgan fingerprint density at radius 2 is 1.75 bits per heavy atom. The molecule has 3 aliphatic rings. The zero-order chi connectivity index (χ0) is 33.0. The number of nitrogens with zero attached hydrogens (tertiary/aromatic N) is 3. The molecule has 0 amide bonds. The highest BCUT2D eigenvalue weighted by Crippen LogP contribution is 2.38. The van der Waals surface area contributed by atoms with Crippen molar-refractivity contribution < 1.29 is 38.7 Å². The average Bonchev–Trinajstić information content (AvgIpc) is 3.48. The molecule has 0 unspecified atom stereocenters. The van der Waals surface area contributed by atoms with Crippen LogP contribution in [0.2, 0.25) is 0 Å². The average molecular weight is 628 g/mol. The van der Waals surface area contributed by atoms with Gasteiger partial charge in [0, 0.05) is 32.2 Å². The van der Waals surface area contributed by atoms with Crippen molar-refractivity contribution >= 4 is 11.8 Å². The molecule has 3 saturated heterocycles. The van der Waals surface area contributed by atoms with Crippen molar-refractivity contribution in [3.8, 4) is 0 Å². The molecule has 3 heterocycles. The SMILES string of the molecule is CO[C@]1(C)C[C@@H](C)CN(C)[C@H]([C@H](O)CCN2CCCC2)COC(=O)C(C)(C)C(=O)[C@H](C)[C@H]1O[C@@H]1O[C@H](C)C[C@H](N(C)C)[C@H]1O. The molecule has 256 valence electrons. The van der Waals surface area contributed by atoms with E-state index in [0.29, 0.717) is 25.8 Å². The summed E-state index contributed by atoms with van der Waals surface area (Å²) in [6.07, 6.45) is 0.457. The van der Waals surface area contributed by atoms with Gasteiger partial charge in [-0.05, 0) is 99.9 Å². The molecule has 0 spiro atoms. The van der Waals surface area contributed by atoms with Crippen LogP contribution in [0.3, 0.4) is 0 Å². The lowest BCUT2D eigenvalue weighted by Gasteiger charge is -2.47. The summed E-state index contributed by atoms with van der Waals surface area (Å²) in [5.41, 5.74) is -2.45. The summed E-state index contributed by atoms with van der Waals surface area (Å²) >= 11 is 0.